The van der Waals surface area contributed by atoms with Gasteiger partial charge in [-0.2, -0.15) is 0 Å². The Morgan fingerprint density at radius 3 is 2.26 bits per heavy atom. The lowest BCUT2D eigenvalue weighted by atomic mass is 10.0. The van der Waals surface area contributed by atoms with Crippen LogP contribution in [-0.4, -0.2) is 48.9 Å². The highest BCUT2D eigenvalue weighted by molar-refractivity contribution is 5.92. The van der Waals surface area contributed by atoms with Crippen molar-refractivity contribution in [3.05, 3.63) is 59.7 Å². The molecule has 2 N–H and O–H groups in total. The number of amides is 3. The Morgan fingerprint density at radius 2 is 1.59 bits per heavy atom. The number of carbonyl (C=O) groups is 2. The zero-order valence-corrected chi connectivity index (χ0v) is 15.9. The van der Waals surface area contributed by atoms with E-state index in [-0.39, 0.29) is 11.9 Å². The summed E-state index contributed by atoms with van der Waals surface area (Å²) in [6.07, 6.45) is 1.32. The molecule has 2 aromatic carbocycles. The Hall–Kier alpha value is -2.86. The highest BCUT2D eigenvalue weighted by atomic mass is 16.2. The summed E-state index contributed by atoms with van der Waals surface area (Å²) < 4.78 is 0. The molecule has 0 bridgehead atoms. The second-order valence-corrected chi connectivity index (χ2v) is 7.05. The Morgan fingerprint density at radius 1 is 0.963 bits per heavy atom. The first-order chi connectivity index (χ1) is 13.0. The molecule has 0 radical (unpaired) electrons. The third-order valence-corrected chi connectivity index (χ3v) is 4.62. The van der Waals surface area contributed by atoms with Crippen LogP contribution in [0, 0.1) is 0 Å². The summed E-state index contributed by atoms with van der Waals surface area (Å²) in [6, 6.07) is 15.3. The highest BCUT2D eigenvalue weighted by Gasteiger charge is 2.20. The molecular formula is C21H26N4O2. The van der Waals surface area contributed by atoms with Crippen LogP contribution in [0.15, 0.2) is 48.5 Å². The number of hydrogen-bond acceptors (Lipinski definition) is 3. The van der Waals surface area contributed by atoms with Crippen molar-refractivity contribution in [2.24, 2.45) is 0 Å². The zero-order chi connectivity index (χ0) is 19.2. The minimum atomic E-state index is -0.104. The van der Waals surface area contributed by atoms with Crippen LogP contribution in [0.4, 0.5) is 16.2 Å². The van der Waals surface area contributed by atoms with Crippen LogP contribution in [0.1, 0.15) is 17.5 Å². The molecule has 0 aliphatic carbocycles. The van der Waals surface area contributed by atoms with Gasteiger partial charge in [-0.25, -0.2) is 4.79 Å². The van der Waals surface area contributed by atoms with E-state index < -0.39 is 0 Å². The molecule has 0 unspecified atom stereocenters. The maximum atomic E-state index is 12.5. The fourth-order valence-electron chi connectivity index (χ4n) is 3.06. The summed E-state index contributed by atoms with van der Waals surface area (Å²) in [5.41, 5.74) is 3.96. The van der Waals surface area contributed by atoms with Crippen molar-refractivity contribution in [1.82, 2.24) is 9.80 Å². The van der Waals surface area contributed by atoms with Crippen LogP contribution in [0.5, 0.6) is 0 Å². The van der Waals surface area contributed by atoms with Gasteiger partial charge in [0, 0.05) is 37.4 Å². The van der Waals surface area contributed by atoms with E-state index in [1.807, 2.05) is 36.0 Å². The molecule has 0 atom stereocenters. The third-order valence-electron chi connectivity index (χ3n) is 4.62. The van der Waals surface area contributed by atoms with Gasteiger partial charge in [0.05, 0.1) is 0 Å². The number of nitrogens with one attached hydrogen (secondary N) is 2. The van der Waals surface area contributed by atoms with E-state index in [1.54, 1.807) is 24.3 Å². The van der Waals surface area contributed by atoms with Gasteiger partial charge >= 0.3 is 6.03 Å². The lowest BCUT2D eigenvalue weighted by Crippen LogP contribution is -2.38. The largest absolute Gasteiger partial charge is 0.326 e. The van der Waals surface area contributed by atoms with Crippen molar-refractivity contribution in [3.63, 3.8) is 0 Å². The molecule has 6 nitrogen and oxygen atoms in total. The summed E-state index contributed by atoms with van der Waals surface area (Å²) in [4.78, 5) is 28.2. The second kappa shape index (κ2) is 8.68. The molecule has 6 heteroatoms. The van der Waals surface area contributed by atoms with E-state index in [4.69, 9.17) is 0 Å². The van der Waals surface area contributed by atoms with Gasteiger partial charge in [-0.05, 0) is 55.9 Å². The van der Waals surface area contributed by atoms with Crippen molar-refractivity contribution >= 4 is 23.3 Å². The number of urea groups is 1. The van der Waals surface area contributed by atoms with Gasteiger partial charge in [0.2, 0.25) is 5.91 Å². The maximum absolute atomic E-state index is 12.5. The first kappa shape index (κ1) is 18.9. The molecule has 0 fully saturated rings. The summed E-state index contributed by atoms with van der Waals surface area (Å²) in [6.45, 7) is 2.05. The van der Waals surface area contributed by atoms with Crippen molar-refractivity contribution in [3.8, 4) is 0 Å². The van der Waals surface area contributed by atoms with E-state index in [0.717, 1.165) is 12.1 Å². The molecule has 1 aliphatic heterocycles. The summed E-state index contributed by atoms with van der Waals surface area (Å²) in [7, 11) is 3.87. The van der Waals surface area contributed by atoms with Gasteiger partial charge in [-0.3, -0.25) is 4.79 Å². The number of nitrogens with zero attached hydrogens (tertiary/aromatic N) is 2. The van der Waals surface area contributed by atoms with Crippen molar-refractivity contribution in [1.29, 1.82) is 0 Å². The Bertz CT molecular complexity index is 802. The Balaban J connectivity index is 1.52. The number of hydrogen-bond donors (Lipinski definition) is 2. The van der Waals surface area contributed by atoms with Gasteiger partial charge in [0.1, 0.15) is 0 Å². The molecule has 0 aromatic heterocycles. The molecule has 1 heterocycles. The first-order valence-corrected chi connectivity index (χ1v) is 9.18. The van der Waals surface area contributed by atoms with E-state index in [0.29, 0.717) is 31.7 Å². The normalized spacial score (nSPS) is 13.2. The molecule has 0 saturated carbocycles. The average molecular weight is 366 g/mol. The molecule has 0 spiro atoms. The van der Waals surface area contributed by atoms with Crippen LogP contribution in [0.3, 0.4) is 0 Å². The maximum Gasteiger partial charge on any atom is 0.322 e. The molecule has 3 rings (SSSR count). The predicted octanol–water partition coefficient (Wildman–Crippen LogP) is 3.17. The van der Waals surface area contributed by atoms with Crippen LogP contribution in [0.2, 0.25) is 0 Å². The number of anilines is 2. The molecule has 2 aromatic rings. The quantitative estimate of drug-likeness (QED) is 0.854. The standard InChI is InChI=1S/C21H26N4O2/c1-24(2)13-12-20(26)22-18-7-9-19(10-8-18)23-21(27)25-14-11-16-5-3-4-6-17(16)15-25/h3-10H,11-15H2,1-2H3,(H,22,26)(H,23,27). The second-order valence-electron chi connectivity index (χ2n) is 7.05. The van der Waals surface area contributed by atoms with E-state index in [1.165, 1.54) is 11.1 Å². The van der Waals surface area contributed by atoms with Crippen molar-refractivity contribution in [2.75, 3.05) is 37.8 Å². The summed E-state index contributed by atoms with van der Waals surface area (Å²) in [5.74, 6) is -0.0209. The Kier molecular flexibility index (Phi) is 6.08. The molecule has 0 saturated heterocycles. The topological polar surface area (TPSA) is 64.7 Å². The van der Waals surface area contributed by atoms with Crippen LogP contribution in [-0.2, 0) is 17.8 Å². The number of benzene rings is 2. The molecule has 3 amide bonds. The number of rotatable bonds is 5. The van der Waals surface area contributed by atoms with Crippen LogP contribution >= 0.6 is 0 Å². The smallest absolute Gasteiger partial charge is 0.322 e. The average Bonchev–Trinajstić information content (AvgIpc) is 2.67. The van der Waals surface area contributed by atoms with Gasteiger partial charge in [0.25, 0.3) is 0 Å². The molecule has 142 valence electrons. The minimum Gasteiger partial charge on any atom is -0.326 e. The number of carbonyl (C=O) groups excluding carboxylic acids is 2. The zero-order valence-electron chi connectivity index (χ0n) is 15.9. The van der Waals surface area contributed by atoms with Gasteiger partial charge in [0.15, 0.2) is 0 Å². The fourth-order valence-corrected chi connectivity index (χ4v) is 3.06. The minimum absolute atomic E-state index is 0.0209. The first-order valence-electron chi connectivity index (χ1n) is 9.18. The van der Waals surface area contributed by atoms with Crippen molar-refractivity contribution in [2.45, 2.75) is 19.4 Å². The lowest BCUT2D eigenvalue weighted by molar-refractivity contribution is -0.116. The highest BCUT2D eigenvalue weighted by Crippen LogP contribution is 2.20. The van der Waals surface area contributed by atoms with Crippen LogP contribution in [0.25, 0.3) is 0 Å². The predicted molar refractivity (Wildman–Crippen MR) is 108 cm³/mol. The summed E-state index contributed by atoms with van der Waals surface area (Å²) in [5, 5.41) is 5.79. The molecule has 1 aliphatic rings. The van der Waals surface area contributed by atoms with Gasteiger partial charge in [-0.1, -0.05) is 24.3 Å². The van der Waals surface area contributed by atoms with E-state index >= 15 is 0 Å². The molecular weight excluding hydrogens is 340 g/mol. The van der Waals surface area contributed by atoms with Gasteiger partial charge < -0.3 is 20.4 Å². The lowest BCUT2D eigenvalue weighted by Gasteiger charge is -2.29. The van der Waals surface area contributed by atoms with Crippen molar-refractivity contribution < 1.29 is 9.59 Å². The monoisotopic (exact) mass is 366 g/mol. The SMILES string of the molecule is CN(C)CCC(=O)Nc1ccc(NC(=O)N2CCc3ccccc3C2)cc1. The van der Waals surface area contributed by atoms with E-state index in [9.17, 15) is 9.59 Å². The Labute approximate surface area is 160 Å². The molecule has 27 heavy (non-hydrogen) atoms. The fraction of sp³-hybridized carbons (Fsp3) is 0.333. The van der Waals surface area contributed by atoms with Crippen LogP contribution < -0.4 is 10.6 Å². The third kappa shape index (κ3) is 5.31. The summed E-state index contributed by atoms with van der Waals surface area (Å²) >= 11 is 0. The number of fused-ring (bicyclic) bond motifs is 1. The van der Waals surface area contributed by atoms with E-state index in [2.05, 4.69) is 22.8 Å². The van der Waals surface area contributed by atoms with Gasteiger partial charge in [-0.15, -0.1) is 0 Å².